The molecule has 0 spiro atoms. The summed E-state index contributed by atoms with van der Waals surface area (Å²) in [5.74, 6) is -3.69. The number of rotatable bonds is 32. The fourth-order valence-electron chi connectivity index (χ4n) is 14.4. The second-order valence-electron chi connectivity index (χ2n) is 29.0. The topological polar surface area (TPSA) is 370 Å². The quantitative estimate of drug-likeness (QED) is 0.0152. The smallest absolute Gasteiger partial charge is 0.550 e. The van der Waals surface area contributed by atoms with E-state index in [-0.39, 0.29) is 139 Å². The molecule has 0 saturated heterocycles. The van der Waals surface area contributed by atoms with E-state index >= 15 is 0 Å². The van der Waals surface area contributed by atoms with Gasteiger partial charge < -0.3 is 81.7 Å². The van der Waals surface area contributed by atoms with Crippen molar-refractivity contribution in [2.75, 3.05) is 16.0 Å². The summed E-state index contributed by atoms with van der Waals surface area (Å²) in [4.78, 5) is 76.3. The number of hydrogen-bond donors (Lipinski definition) is 7. The maximum absolute atomic E-state index is 14.0. The number of thioether (sulfide) groups is 1. The fourth-order valence-corrected chi connectivity index (χ4v) is 15.2. The van der Waals surface area contributed by atoms with Gasteiger partial charge >= 0.3 is 37.7 Å². The van der Waals surface area contributed by atoms with E-state index in [1.54, 1.807) is 48.5 Å². The van der Waals surface area contributed by atoms with Gasteiger partial charge in [0.1, 0.15) is 11.6 Å². The van der Waals surface area contributed by atoms with Crippen molar-refractivity contribution in [2.45, 2.75) is 200 Å². The number of carboxylic acid groups (broad SMARTS) is 2. The van der Waals surface area contributed by atoms with Gasteiger partial charge in [-0.3, -0.25) is 19.2 Å². The summed E-state index contributed by atoms with van der Waals surface area (Å²) in [7, 11) is 0. The van der Waals surface area contributed by atoms with Crippen molar-refractivity contribution >= 4 is 101 Å². The van der Waals surface area contributed by atoms with Crippen molar-refractivity contribution in [1.82, 2.24) is 9.13 Å². The number of amides is 3. The molecule has 1 fully saturated rings. The number of para-hydroxylation sites is 3. The number of aliphatic hydroxyl groups excluding tert-OH is 4. The van der Waals surface area contributed by atoms with Crippen LogP contribution in [0.15, 0.2) is 199 Å². The Bertz CT molecular complexity index is 4220. The van der Waals surface area contributed by atoms with E-state index in [0.717, 1.165) is 78.0 Å². The van der Waals surface area contributed by atoms with E-state index in [0.29, 0.717) is 62.1 Å². The number of benzene rings is 7. The first-order valence-corrected chi connectivity index (χ1v) is 38.7. The molecule has 0 radical (unpaired) electrons. The van der Waals surface area contributed by atoms with Crippen molar-refractivity contribution in [1.29, 1.82) is 0 Å². The first-order chi connectivity index (χ1) is 52.2. The molecule has 1 saturated carbocycles. The SMILES string of the molecule is CC(C)c1c(C(=O)Nc2ccccc2)c(-c2ccccc2)c(-c2ccc(F)cc2)n1CC[C@@H](O)C[C@@H](O)CC(=O)[O-].CC(C)c1c(C(=O)Nc2ccccc2)c(-c2ccccc2)c(-c2ccc(F)cc2)n1CC[C@@H](O)C[C@@H](O)CC(=O)[O-].CCC(CC)CC1(C(=O)Nc2ccccc2SC(=O)C(C)C)CCCCC1.O.O.O.[Ca+2]. The molecule has 0 unspecified atom stereocenters. The van der Waals surface area contributed by atoms with Crippen LogP contribution in [-0.4, -0.2) is 143 Å². The minimum Gasteiger partial charge on any atom is -0.550 e. The van der Waals surface area contributed by atoms with Crippen molar-refractivity contribution in [2.24, 2.45) is 17.3 Å². The predicted molar refractivity (Wildman–Crippen MR) is 441 cm³/mol. The molecule has 3 amide bonds. The number of nitrogens with zero attached hydrogens (tertiary/aromatic N) is 2. The Morgan fingerprint density at radius 3 is 1.19 bits per heavy atom. The fraction of sp³-hybridized carbons (Fsp3) is 0.371. The van der Waals surface area contributed by atoms with Gasteiger partial charge in [-0.1, -0.05) is 197 Å². The first-order valence-electron chi connectivity index (χ1n) is 37.8. The van der Waals surface area contributed by atoms with Crippen LogP contribution in [0.25, 0.3) is 44.8 Å². The van der Waals surface area contributed by atoms with E-state index in [2.05, 4.69) is 29.8 Å². The van der Waals surface area contributed by atoms with Crippen molar-refractivity contribution in [3.8, 4) is 44.8 Å². The molecular weight excluding hydrogens is 1490 g/mol. The normalized spacial score (nSPS) is 13.2. The van der Waals surface area contributed by atoms with E-state index in [1.807, 2.05) is 172 Å². The molecule has 0 bridgehead atoms. The number of nitrogens with one attached hydrogen (secondary N) is 3. The standard InChI is InChI=1S/2C33H35FN2O5.C23H35NO2S.Ca.3H2O/c2*1-21(2)31-30(33(41)35-25-11-7-4-8-12-25)29(22-9-5-3-6-10-22)32(23-13-15-24(34)16-14-23)36(31)18-17-26(37)19-27(38)20-28(39)40;1-5-18(6-2)16-23(14-10-7-11-15-23)22(26)24-19-12-8-9-13-20(19)27-21(25)17(3)4;;;;/h2*3-16,21,26-27,37-38H,17-20H2,1-2H3,(H,35,41)(H,39,40);8-9,12-13,17-18H,5-7,10-11,14-16H2,1-4H3,(H,24,26);;3*1H2/q;;;+2;;;/p-2/t2*26-,27-;;;;;/m11...../s1. The Hall–Kier alpha value is -8.69. The monoisotopic (exact) mass is 1600 g/mol. The van der Waals surface area contributed by atoms with Crippen LogP contribution in [0.1, 0.15) is 189 Å². The van der Waals surface area contributed by atoms with Crippen LogP contribution in [0.5, 0.6) is 0 Å². The average molecular weight is 1600 g/mol. The van der Waals surface area contributed by atoms with Gasteiger partial charge in [-0.05, 0) is 182 Å². The van der Waals surface area contributed by atoms with Crippen LogP contribution in [0.2, 0.25) is 0 Å². The zero-order valence-electron chi connectivity index (χ0n) is 65.7. The van der Waals surface area contributed by atoms with Gasteiger partial charge in [0.2, 0.25) is 5.91 Å². The number of aromatic nitrogens is 2. The van der Waals surface area contributed by atoms with Crippen LogP contribution in [0.4, 0.5) is 25.8 Å². The number of carbonyl (C=O) groups is 6. The molecule has 2 aromatic heterocycles. The second kappa shape index (κ2) is 47.2. The number of anilines is 3. The summed E-state index contributed by atoms with van der Waals surface area (Å²) < 4.78 is 32.0. The summed E-state index contributed by atoms with van der Waals surface area (Å²) in [6, 6.07) is 57.1. The van der Waals surface area contributed by atoms with Crippen LogP contribution in [0.3, 0.4) is 0 Å². The van der Waals surface area contributed by atoms with E-state index < -0.39 is 60.8 Å². The Labute approximate surface area is 695 Å². The van der Waals surface area contributed by atoms with Gasteiger partial charge in [-0.2, -0.15) is 0 Å². The van der Waals surface area contributed by atoms with Crippen LogP contribution < -0.4 is 26.2 Å². The summed E-state index contributed by atoms with van der Waals surface area (Å²) in [5.41, 5.74) is 9.95. The molecule has 0 aliphatic heterocycles. The van der Waals surface area contributed by atoms with E-state index in [9.17, 15) is 68.2 Å². The van der Waals surface area contributed by atoms with Crippen LogP contribution in [0, 0.1) is 28.9 Å². The van der Waals surface area contributed by atoms with Crippen molar-refractivity contribution in [3.05, 3.63) is 228 Å². The summed E-state index contributed by atoms with van der Waals surface area (Å²) in [6.45, 7) is 16.7. The third kappa shape index (κ3) is 27.2. The minimum atomic E-state index is -1.39. The summed E-state index contributed by atoms with van der Waals surface area (Å²) in [5, 5.41) is 72.5. The molecule has 7 aromatic carbocycles. The van der Waals surface area contributed by atoms with Gasteiger partial charge in [0.25, 0.3) is 11.8 Å². The molecule has 1 aliphatic carbocycles. The molecule has 113 heavy (non-hydrogen) atoms. The number of carbonyl (C=O) groups excluding carboxylic acids is 6. The maximum atomic E-state index is 14.0. The molecular formula is C89H109CaF2N5O15S. The average Bonchev–Trinajstić information content (AvgIpc) is 1.60. The Morgan fingerprint density at radius 2 is 0.841 bits per heavy atom. The Kier molecular flexibility index (Phi) is 40.4. The number of carboxylic acids is 2. The maximum Gasteiger partial charge on any atom is 2.00 e. The largest absolute Gasteiger partial charge is 2.00 e. The predicted octanol–water partition coefficient (Wildman–Crippen LogP) is 13.8. The van der Waals surface area contributed by atoms with Crippen molar-refractivity contribution in [3.63, 3.8) is 0 Å². The van der Waals surface area contributed by atoms with Crippen molar-refractivity contribution < 1.29 is 84.6 Å². The molecule has 9 aromatic rings. The third-order valence-electron chi connectivity index (χ3n) is 19.8. The Morgan fingerprint density at radius 1 is 0.478 bits per heavy atom. The van der Waals surface area contributed by atoms with E-state index in [1.165, 1.54) is 42.4 Å². The van der Waals surface area contributed by atoms with Gasteiger partial charge in [-0.25, -0.2) is 8.78 Å². The number of halogens is 2. The molecule has 2 heterocycles. The van der Waals surface area contributed by atoms with Crippen LogP contribution >= 0.6 is 11.8 Å². The summed E-state index contributed by atoms with van der Waals surface area (Å²) in [6.07, 6.45) is 3.15. The molecule has 10 rings (SSSR count). The zero-order chi connectivity index (χ0) is 78.9. The first kappa shape index (κ1) is 96.7. The molecule has 24 heteroatoms. The van der Waals surface area contributed by atoms with Gasteiger partial charge in [0.05, 0.1) is 52.6 Å². The van der Waals surface area contributed by atoms with Crippen LogP contribution in [-0.2, 0) is 32.3 Å². The van der Waals surface area contributed by atoms with Gasteiger partial charge in [-0.15, -0.1) is 0 Å². The number of hydrogen-bond acceptors (Lipinski definition) is 13. The zero-order valence-corrected chi connectivity index (χ0v) is 68.8. The molecule has 20 nitrogen and oxygen atoms in total. The molecule has 602 valence electrons. The molecule has 4 atom stereocenters. The molecule has 1 aliphatic rings. The minimum absolute atomic E-state index is 0. The van der Waals surface area contributed by atoms with E-state index in [4.69, 9.17) is 0 Å². The number of aliphatic hydroxyl groups is 4. The second-order valence-corrected chi connectivity index (χ2v) is 30.1. The van der Waals surface area contributed by atoms with Gasteiger partial charge in [0.15, 0.2) is 5.12 Å². The Balaban J connectivity index is 0.000000359. The third-order valence-corrected chi connectivity index (χ3v) is 21.0. The summed E-state index contributed by atoms with van der Waals surface area (Å²) >= 11 is 1.24. The van der Waals surface area contributed by atoms with Gasteiger partial charge in [0, 0.05) is 88.0 Å². The number of aliphatic carboxylic acids is 2. The molecule has 13 N–H and O–H groups in total.